The summed E-state index contributed by atoms with van der Waals surface area (Å²) in [6.07, 6.45) is 1.41. The molecule has 0 N–H and O–H groups in total. The minimum absolute atomic E-state index is 0.0222. The fourth-order valence-electron chi connectivity index (χ4n) is 1.30. The molecule has 0 aliphatic rings. The Balaban J connectivity index is 2.76. The quantitative estimate of drug-likeness (QED) is 0.716. The van der Waals surface area contributed by atoms with E-state index in [1.54, 1.807) is 24.3 Å². The first-order valence-electron chi connectivity index (χ1n) is 4.22. The third-order valence-electron chi connectivity index (χ3n) is 1.98. The highest BCUT2D eigenvalue weighted by Crippen LogP contribution is 2.30. The molecule has 0 bridgehead atoms. The number of nitrogens with zero attached hydrogens (tertiary/aromatic N) is 3. The van der Waals surface area contributed by atoms with E-state index in [0.29, 0.717) is 5.76 Å². The van der Waals surface area contributed by atoms with E-state index in [-0.39, 0.29) is 22.6 Å². The van der Waals surface area contributed by atoms with Gasteiger partial charge in [-0.3, -0.25) is 0 Å². The Morgan fingerprint density at radius 3 is 2.25 bits per heavy atom. The van der Waals surface area contributed by atoms with Crippen molar-refractivity contribution in [3.05, 3.63) is 35.3 Å². The monoisotopic (exact) mass is 209 g/mol. The normalized spacial score (nSPS) is 9.06. The summed E-state index contributed by atoms with van der Waals surface area (Å²) in [6, 6.07) is 8.53. The lowest BCUT2D eigenvalue weighted by atomic mass is 10.1. The van der Waals surface area contributed by atoms with E-state index < -0.39 is 0 Å². The predicted octanol–water partition coefficient (Wildman–Crippen LogP) is 2.15. The fourth-order valence-corrected chi connectivity index (χ4v) is 1.30. The minimum atomic E-state index is -0.176. The molecule has 0 spiro atoms. The Bertz CT molecular complexity index is 645. The zero-order valence-electron chi connectivity index (χ0n) is 7.89. The van der Waals surface area contributed by atoms with Gasteiger partial charge in [-0.2, -0.15) is 15.8 Å². The molecule has 5 heteroatoms. The molecule has 2 aromatic heterocycles. The number of hydrogen-bond donors (Lipinski definition) is 0. The molecule has 0 radical (unpaired) electrons. The first-order chi connectivity index (χ1) is 7.81. The van der Waals surface area contributed by atoms with Crippen molar-refractivity contribution in [3.8, 4) is 29.7 Å². The third-order valence-corrected chi connectivity index (χ3v) is 1.98. The van der Waals surface area contributed by atoms with Crippen LogP contribution >= 0.6 is 0 Å². The smallest absolute Gasteiger partial charge is 0.223 e. The molecule has 16 heavy (non-hydrogen) atoms. The molecule has 74 valence electrons. The Labute approximate surface area is 90.3 Å². The summed E-state index contributed by atoms with van der Waals surface area (Å²) >= 11 is 0. The lowest BCUT2D eigenvalue weighted by Gasteiger charge is -1.89. The zero-order valence-corrected chi connectivity index (χ0v) is 7.89. The van der Waals surface area contributed by atoms with Crippen LogP contribution in [-0.4, -0.2) is 0 Å². The van der Waals surface area contributed by atoms with Crippen molar-refractivity contribution in [2.75, 3.05) is 0 Å². The van der Waals surface area contributed by atoms with Crippen LogP contribution in [0.2, 0.25) is 0 Å². The highest BCUT2D eigenvalue weighted by Gasteiger charge is 2.22. The summed E-state index contributed by atoms with van der Waals surface area (Å²) in [6.45, 7) is 0. The fraction of sp³-hybridized carbons (Fsp3) is 0. The van der Waals surface area contributed by atoms with Crippen LogP contribution in [0.4, 0.5) is 0 Å². The summed E-state index contributed by atoms with van der Waals surface area (Å²) in [5.41, 5.74) is -0.0367. The van der Waals surface area contributed by atoms with Gasteiger partial charge in [-0.1, -0.05) is 0 Å². The van der Waals surface area contributed by atoms with E-state index in [2.05, 4.69) is 0 Å². The summed E-state index contributed by atoms with van der Waals surface area (Å²) in [5, 5.41) is 26.5. The number of furan rings is 2. The molecule has 0 aliphatic carbocycles. The van der Waals surface area contributed by atoms with Crippen LogP contribution < -0.4 is 0 Å². The van der Waals surface area contributed by atoms with E-state index in [0.717, 1.165) is 0 Å². The summed E-state index contributed by atoms with van der Waals surface area (Å²) in [4.78, 5) is 0. The van der Waals surface area contributed by atoms with Crippen molar-refractivity contribution in [1.29, 1.82) is 15.8 Å². The molecule has 0 aromatic carbocycles. The van der Waals surface area contributed by atoms with Gasteiger partial charge in [0.2, 0.25) is 5.76 Å². The molecule has 2 heterocycles. The van der Waals surface area contributed by atoms with Gasteiger partial charge in [-0.05, 0) is 12.1 Å². The largest absolute Gasteiger partial charge is 0.461 e. The van der Waals surface area contributed by atoms with Crippen molar-refractivity contribution in [2.24, 2.45) is 0 Å². The lowest BCUT2D eigenvalue weighted by molar-refractivity contribution is 0.516. The SMILES string of the molecule is N#Cc1oc(-c2ccco2)c(C#N)c1C#N. The maximum absolute atomic E-state index is 8.93. The van der Waals surface area contributed by atoms with Crippen LogP contribution in [0.1, 0.15) is 16.9 Å². The molecule has 0 amide bonds. The average molecular weight is 209 g/mol. The standard InChI is InChI=1S/C11H3N3O2/c12-4-7-8(5-13)11(16-10(7)6-14)9-2-1-3-15-9/h1-3H. The van der Waals surface area contributed by atoms with Gasteiger partial charge in [0.25, 0.3) is 0 Å². The topological polar surface area (TPSA) is 97.7 Å². The van der Waals surface area contributed by atoms with Gasteiger partial charge in [0, 0.05) is 0 Å². The van der Waals surface area contributed by atoms with Gasteiger partial charge < -0.3 is 8.83 Å². The Morgan fingerprint density at radius 1 is 1.00 bits per heavy atom. The van der Waals surface area contributed by atoms with Gasteiger partial charge in [0.15, 0.2) is 11.5 Å². The van der Waals surface area contributed by atoms with Crippen molar-refractivity contribution in [2.45, 2.75) is 0 Å². The Morgan fingerprint density at radius 2 is 1.75 bits per heavy atom. The van der Waals surface area contributed by atoms with Gasteiger partial charge in [-0.25, -0.2) is 0 Å². The number of nitriles is 3. The van der Waals surface area contributed by atoms with Crippen molar-refractivity contribution in [1.82, 2.24) is 0 Å². The molecule has 0 atom stereocenters. The molecule has 2 aromatic rings. The van der Waals surface area contributed by atoms with Crippen LogP contribution in [0.25, 0.3) is 11.5 Å². The van der Waals surface area contributed by atoms with Gasteiger partial charge >= 0.3 is 0 Å². The van der Waals surface area contributed by atoms with Crippen LogP contribution in [-0.2, 0) is 0 Å². The maximum atomic E-state index is 8.93. The van der Waals surface area contributed by atoms with Gasteiger partial charge in [0.1, 0.15) is 29.3 Å². The summed E-state index contributed by atoms with van der Waals surface area (Å²) in [5.74, 6) is 0.251. The summed E-state index contributed by atoms with van der Waals surface area (Å²) in [7, 11) is 0. The second-order valence-electron chi connectivity index (χ2n) is 2.82. The van der Waals surface area contributed by atoms with Crippen molar-refractivity contribution >= 4 is 0 Å². The first kappa shape index (κ1) is 9.58. The van der Waals surface area contributed by atoms with Crippen LogP contribution in [0, 0.1) is 34.0 Å². The second-order valence-corrected chi connectivity index (χ2v) is 2.82. The van der Waals surface area contributed by atoms with Gasteiger partial charge in [0.05, 0.1) is 6.26 Å². The lowest BCUT2D eigenvalue weighted by Crippen LogP contribution is -1.80. The number of hydrogen-bond acceptors (Lipinski definition) is 5. The molecule has 2 rings (SSSR count). The van der Waals surface area contributed by atoms with E-state index >= 15 is 0 Å². The minimum Gasteiger partial charge on any atom is -0.461 e. The molecule has 0 fully saturated rings. The molecule has 0 saturated heterocycles. The molecule has 0 aliphatic heterocycles. The first-order valence-corrected chi connectivity index (χ1v) is 4.22. The van der Waals surface area contributed by atoms with Crippen LogP contribution in [0.15, 0.2) is 27.2 Å². The highest BCUT2D eigenvalue weighted by molar-refractivity contribution is 5.68. The van der Waals surface area contributed by atoms with Crippen LogP contribution in [0.5, 0.6) is 0 Å². The molecule has 0 saturated carbocycles. The van der Waals surface area contributed by atoms with Crippen molar-refractivity contribution in [3.63, 3.8) is 0 Å². The molecular formula is C11H3N3O2. The molecular weight excluding hydrogens is 206 g/mol. The Kier molecular flexibility index (Phi) is 2.18. The predicted molar refractivity (Wildman–Crippen MR) is 50.6 cm³/mol. The number of rotatable bonds is 1. The van der Waals surface area contributed by atoms with E-state index in [1.807, 2.05) is 6.07 Å². The third kappa shape index (κ3) is 1.23. The highest BCUT2D eigenvalue weighted by atomic mass is 16.4. The zero-order chi connectivity index (χ0) is 11.5. The van der Waals surface area contributed by atoms with Crippen LogP contribution in [0.3, 0.4) is 0 Å². The van der Waals surface area contributed by atoms with E-state index in [1.165, 1.54) is 6.26 Å². The second kappa shape index (κ2) is 3.65. The average Bonchev–Trinajstić information content (AvgIpc) is 2.94. The van der Waals surface area contributed by atoms with Crippen molar-refractivity contribution < 1.29 is 8.83 Å². The molecule has 5 nitrogen and oxygen atoms in total. The molecule has 0 unspecified atom stereocenters. The Hall–Kier alpha value is -2.97. The van der Waals surface area contributed by atoms with E-state index in [9.17, 15) is 0 Å². The van der Waals surface area contributed by atoms with E-state index in [4.69, 9.17) is 24.6 Å². The van der Waals surface area contributed by atoms with Gasteiger partial charge in [-0.15, -0.1) is 0 Å². The maximum Gasteiger partial charge on any atom is 0.223 e. The summed E-state index contributed by atoms with van der Waals surface area (Å²) < 4.78 is 10.2.